The van der Waals surface area contributed by atoms with Crippen molar-refractivity contribution in [2.24, 2.45) is 5.84 Å². The number of anilines is 2. The molecule has 27 heavy (non-hydrogen) atoms. The Labute approximate surface area is 160 Å². The van der Waals surface area contributed by atoms with Gasteiger partial charge in [0.25, 0.3) is 0 Å². The van der Waals surface area contributed by atoms with Crippen molar-refractivity contribution in [3.63, 3.8) is 0 Å². The molecule has 0 radical (unpaired) electrons. The van der Waals surface area contributed by atoms with Crippen molar-refractivity contribution in [2.75, 3.05) is 17.4 Å². The summed E-state index contributed by atoms with van der Waals surface area (Å²) in [5.41, 5.74) is 1.81. The largest absolute Gasteiger partial charge is 0.416 e. The number of halogens is 4. The number of nitrogens with zero attached hydrogens (tertiary/aromatic N) is 1. The van der Waals surface area contributed by atoms with Gasteiger partial charge < -0.3 is 10.6 Å². The van der Waals surface area contributed by atoms with Crippen LogP contribution >= 0.6 is 11.6 Å². The molecule has 0 aliphatic rings. The molecule has 0 saturated carbocycles. The van der Waals surface area contributed by atoms with E-state index < -0.39 is 17.8 Å². The molecule has 0 unspecified atom stereocenters. The van der Waals surface area contributed by atoms with Crippen LogP contribution in [0.25, 0.3) is 0 Å². The second kappa shape index (κ2) is 8.06. The highest BCUT2D eigenvalue weighted by atomic mass is 35.5. The number of hydrazine groups is 1. The third kappa shape index (κ3) is 4.64. The van der Waals surface area contributed by atoms with Gasteiger partial charge >= 0.3 is 12.2 Å². The van der Waals surface area contributed by atoms with Gasteiger partial charge in [-0.25, -0.2) is 15.6 Å². The SMILES string of the molecule is CNc1c(Cl)cc(C(F)(F)F)cc1N(N)C(=O)NCc1c(C)cccc1C. The van der Waals surface area contributed by atoms with Gasteiger partial charge in [0.05, 0.1) is 22.0 Å². The number of amides is 2. The van der Waals surface area contributed by atoms with Gasteiger partial charge in [-0.2, -0.15) is 13.2 Å². The van der Waals surface area contributed by atoms with Crippen molar-refractivity contribution in [1.82, 2.24) is 5.32 Å². The molecule has 9 heteroatoms. The Morgan fingerprint density at radius 1 is 1.22 bits per heavy atom. The first-order chi connectivity index (χ1) is 12.6. The summed E-state index contributed by atoms with van der Waals surface area (Å²) < 4.78 is 39.2. The van der Waals surface area contributed by atoms with Crippen molar-refractivity contribution in [3.05, 3.63) is 57.6 Å². The Bertz CT molecular complexity index is 835. The number of alkyl halides is 3. The summed E-state index contributed by atoms with van der Waals surface area (Å²) in [4.78, 5) is 12.4. The molecule has 0 aliphatic carbocycles. The van der Waals surface area contributed by atoms with E-state index in [2.05, 4.69) is 10.6 Å². The average molecular weight is 401 g/mol. The molecule has 0 aromatic heterocycles. The van der Waals surface area contributed by atoms with Gasteiger partial charge in [-0.15, -0.1) is 0 Å². The first-order valence-electron chi connectivity index (χ1n) is 8.02. The minimum atomic E-state index is -4.62. The smallest absolute Gasteiger partial charge is 0.385 e. The molecule has 2 aromatic rings. The van der Waals surface area contributed by atoms with Crippen LogP contribution in [0.4, 0.5) is 29.3 Å². The van der Waals surface area contributed by atoms with E-state index in [0.29, 0.717) is 5.01 Å². The number of carbonyl (C=O) groups excluding carboxylic acids is 1. The molecule has 146 valence electrons. The average Bonchev–Trinajstić information content (AvgIpc) is 2.58. The number of carbonyl (C=O) groups is 1. The predicted octanol–water partition coefficient (Wildman–Crippen LogP) is 4.61. The van der Waals surface area contributed by atoms with Crippen molar-refractivity contribution < 1.29 is 18.0 Å². The summed E-state index contributed by atoms with van der Waals surface area (Å²) in [5, 5.41) is 5.70. The summed E-state index contributed by atoms with van der Waals surface area (Å²) in [6.45, 7) is 3.99. The summed E-state index contributed by atoms with van der Waals surface area (Å²) in [6, 6.07) is 6.50. The van der Waals surface area contributed by atoms with Crippen molar-refractivity contribution in [3.8, 4) is 0 Å². The topological polar surface area (TPSA) is 70.4 Å². The Hall–Kier alpha value is -2.45. The maximum atomic E-state index is 13.1. The highest BCUT2D eigenvalue weighted by Gasteiger charge is 2.33. The normalized spacial score (nSPS) is 11.3. The second-order valence-corrected chi connectivity index (χ2v) is 6.41. The van der Waals surface area contributed by atoms with E-state index in [9.17, 15) is 18.0 Å². The van der Waals surface area contributed by atoms with Crippen molar-refractivity contribution in [2.45, 2.75) is 26.6 Å². The van der Waals surface area contributed by atoms with Gasteiger partial charge in [0.2, 0.25) is 0 Å². The van der Waals surface area contributed by atoms with Crippen LogP contribution in [0.15, 0.2) is 30.3 Å². The lowest BCUT2D eigenvalue weighted by Gasteiger charge is -2.23. The van der Waals surface area contributed by atoms with E-state index in [1.807, 2.05) is 32.0 Å². The Morgan fingerprint density at radius 2 is 1.81 bits per heavy atom. The predicted molar refractivity (Wildman–Crippen MR) is 101 cm³/mol. The molecule has 0 aliphatic heterocycles. The fourth-order valence-corrected chi connectivity index (χ4v) is 2.99. The van der Waals surface area contributed by atoms with Gasteiger partial charge in [-0.3, -0.25) is 0 Å². The third-order valence-electron chi connectivity index (χ3n) is 4.19. The zero-order valence-electron chi connectivity index (χ0n) is 15.0. The number of nitrogens with one attached hydrogen (secondary N) is 2. The number of urea groups is 1. The van der Waals surface area contributed by atoms with Gasteiger partial charge in [-0.05, 0) is 42.7 Å². The van der Waals surface area contributed by atoms with Crippen LogP contribution in [0.3, 0.4) is 0 Å². The van der Waals surface area contributed by atoms with E-state index in [4.69, 9.17) is 17.4 Å². The Morgan fingerprint density at radius 3 is 2.33 bits per heavy atom. The summed E-state index contributed by atoms with van der Waals surface area (Å²) in [7, 11) is 1.47. The molecule has 0 atom stereocenters. The van der Waals surface area contributed by atoms with Crippen molar-refractivity contribution >= 4 is 29.0 Å². The number of hydrogen-bond acceptors (Lipinski definition) is 3. The molecule has 0 heterocycles. The summed E-state index contributed by atoms with van der Waals surface area (Å²) in [6.07, 6.45) is -4.62. The van der Waals surface area contributed by atoms with Gasteiger partial charge in [-0.1, -0.05) is 29.8 Å². The second-order valence-electron chi connectivity index (χ2n) is 6.00. The number of hydrogen-bond donors (Lipinski definition) is 3. The lowest BCUT2D eigenvalue weighted by atomic mass is 10.0. The maximum absolute atomic E-state index is 13.1. The summed E-state index contributed by atoms with van der Waals surface area (Å²) in [5.74, 6) is 5.79. The Balaban J connectivity index is 2.29. The van der Waals surface area contributed by atoms with E-state index >= 15 is 0 Å². The van der Waals surface area contributed by atoms with Crippen LogP contribution in [-0.2, 0) is 12.7 Å². The number of nitrogens with two attached hydrogens (primary N) is 1. The zero-order valence-corrected chi connectivity index (χ0v) is 15.8. The third-order valence-corrected chi connectivity index (χ3v) is 4.48. The van der Waals surface area contributed by atoms with Crippen LogP contribution < -0.4 is 21.5 Å². The van der Waals surface area contributed by atoms with E-state index in [1.54, 1.807) is 0 Å². The fourth-order valence-electron chi connectivity index (χ4n) is 2.68. The molecule has 0 spiro atoms. The standard InChI is InChI=1S/C18H20ClF3N4O/c1-10-5-4-6-11(2)13(10)9-25-17(27)26(23)15-8-12(18(20,21)22)7-14(19)16(15)24-3/h4-8,24H,9,23H2,1-3H3,(H,25,27). The first kappa shape index (κ1) is 20.9. The molecular formula is C18H20ClF3N4O. The summed E-state index contributed by atoms with van der Waals surface area (Å²) >= 11 is 5.93. The lowest BCUT2D eigenvalue weighted by Crippen LogP contribution is -2.45. The van der Waals surface area contributed by atoms with E-state index in [0.717, 1.165) is 28.8 Å². The van der Waals surface area contributed by atoms with Gasteiger partial charge in [0.15, 0.2) is 0 Å². The molecule has 5 nitrogen and oxygen atoms in total. The van der Waals surface area contributed by atoms with Crippen LogP contribution in [0.2, 0.25) is 5.02 Å². The fraction of sp³-hybridized carbons (Fsp3) is 0.278. The quantitative estimate of drug-likeness (QED) is 0.399. The van der Waals surface area contributed by atoms with Crippen molar-refractivity contribution in [1.29, 1.82) is 0 Å². The molecule has 2 aromatic carbocycles. The molecular weight excluding hydrogens is 381 g/mol. The maximum Gasteiger partial charge on any atom is 0.416 e. The number of rotatable bonds is 4. The number of aryl methyl sites for hydroxylation is 2. The van der Waals surface area contributed by atoms with Gasteiger partial charge in [0.1, 0.15) is 0 Å². The lowest BCUT2D eigenvalue weighted by molar-refractivity contribution is -0.137. The minimum absolute atomic E-state index is 0.120. The highest BCUT2D eigenvalue weighted by molar-refractivity contribution is 6.34. The zero-order chi connectivity index (χ0) is 20.4. The first-order valence-corrected chi connectivity index (χ1v) is 8.40. The molecule has 4 N–H and O–H groups in total. The Kier molecular flexibility index (Phi) is 6.22. The van der Waals surface area contributed by atoms with Gasteiger partial charge in [0, 0.05) is 13.6 Å². The molecule has 2 rings (SSSR count). The molecule has 0 saturated heterocycles. The molecule has 0 fully saturated rings. The number of benzene rings is 2. The molecule has 0 bridgehead atoms. The minimum Gasteiger partial charge on any atom is -0.385 e. The molecule has 2 amide bonds. The highest BCUT2D eigenvalue weighted by Crippen LogP contribution is 2.39. The van der Waals surface area contributed by atoms with Crippen LogP contribution in [0, 0.1) is 13.8 Å². The van der Waals surface area contributed by atoms with E-state index in [1.165, 1.54) is 7.05 Å². The van der Waals surface area contributed by atoms with Crippen LogP contribution in [0.5, 0.6) is 0 Å². The van der Waals surface area contributed by atoms with Crippen LogP contribution in [0.1, 0.15) is 22.3 Å². The monoisotopic (exact) mass is 400 g/mol. The van der Waals surface area contributed by atoms with E-state index in [-0.39, 0.29) is 22.9 Å². The van der Waals surface area contributed by atoms with Crippen LogP contribution in [-0.4, -0.2) is 13.1 Å².